The van der Waals surface area contributed by atoms with Gasteiger partial charge in [0.1, 0.15) is 16.9 Å². The summed E-state index contributed by atoms with van der Waals surface area (Å²) in [6, 6.07) is 3.61. The molecule has 0 saturated carbocycles. The summed E-state index contributed by atoms with van der Waals surface area (Å²) in [5.74, 6) is 0.707. The minimum absolute atomic E-state index is 0.0593. The lowest BCUT2D eigenvalue weighted by Crippen LogP contribution is -2.38. The largest absolute Gasteiger partial charge is 0.506 e. The number of thiophene rings is 1. The molecule has 7 heteroatoms. The Kier molecular flexibility index (Phi) is 4.84. The summed E-state index contributed by atoms with van der Waals surface area (Å²) in [5.41, 5.74) is 2.91. The molecule has 144 valence electrons. The van der Waals surface area contributed by atoms with Gasteiger partial charge in [-0.15, -0.1) is 11.3 Å². The Morgan fingerprint density at radius 3 is 2.67 bits per heavy atom. The number of fused-ring (bicyclic) bond motifs is 3. The number of carbonyl (C=O) groups is 1. The number of rotatable bonds is 1. The quantitative estimate of drug-likeness (QED) is 0.439. The Balaban J connectivity index is 1.69. The van der Waals surface area contributed by atoms with Crippen molar-refractivity contribution in [3.05, 3.63) is 42.6 Å². The number of halogens is 2. The zero-order valence-corrected chi connectivity index (χ0v) is 19.4. The van der Waals surface area contributed by atoms with Crippen LogP contribution in [0.1, 0.15) is 59.7 Å². The fourth-order valence-corrected chi connectivity index (χ4v) is 6.61. The van der Waals surface area contributed by atoms with E-state index in [1.165, 1.54) is 10.4 Å². The standard InChI is InChI=1S/C20H22Br2N2O2S/c1-20(2,3)9-4-5-11-14(6-9)27-19-15(11)18(26)23-17(24-19)12-7-10(21)8-13(22)16(12)25/h7-9,17,24-25H,4-6H2,1-3H3,(H,23,26). The Bertz CT molecular complexity index is 933. The number of carbonyl (C=O) groups excluding carboxylic acids is 1. The average Bonchev–Trinajstić information content (AvgIpc) is 2.95. The van der Waals surface area contributed by atoms with Crippen molar-refractivity contribution in [1.82, 2.24) is 5.32 Å². The summed E-state index contributed by atoms with van der Waals surface area (Å²) in [7, 11) is 0. The molecule has 2 unspecified atom stereocenters. The molecule has 0 bridgehead atoms. The monoisotopic (exact) mass is 512 g/mol. The number of amides is 1. The van der Waals surface area contributed by atoms with Crippen LogP contribution >= 0.6 is 43.2 Å². The minimum atomic E-state index is -0.461. The molecule has 0 radical (unpaired) electrons. The molecular weight excluding hydrogens is 492 g/mol. The first-order chi connectivity index (χ1) is 12.6. The summed E-state index contributed by atoms with van der Waals surface area (Å²) in [6.07, 6.45) is 2.65. The van der Waals surface area contributed by atoms with Crippen LogP contribution in [0.2, 0.25) is 0 Å². The van der Waals surface area contributed by atoms with Crippen LogP contribution in [-0.4, -0.2) is 11.0 Å². The number of aromatic hydroxyl groups is 1. The van der Waals surface area contributed by atoms with E-state index in [4.69, 9.17) is 0 Å². The molecule has 2 aliphatic rings. The molecule has 1 aliphatic carbocycles. The van der Waals surface area contributed by atoms with E-state index in [2.05, 4.69) is 63.3 Å². The van der Waals surface area contributed by atoms with Gasteiger partial charge in [-0.3, -0.25) is 4.79 Å². The number of nitrogens with one attached hydrogen (secondary N) is 2. The van der Waals surface area contributed by atoms with Crippen molar-refractivity contribution in [2.45, 2.75) is 46.2 Å². The number of benzene rings is 1. The Labute approximate surface area is 180 Å². The van der Waals surface area contributed by atoms with E-state index in [0.29, 0.717) is 16.0 Å². The maximum Gasteiger partial charge on any atom is 0.256 e. The average molecular weight is 514 g/mol. The van der Waals surface area contributed by atoms with Crippen LogP contribution in [0.3, 0.4) is 0 Å². The van der Waals surface area contributed by atoms with Gasteiger partial charge < -0.3 is 15.7 Å². The lowest BCUT2D eigenvalue weighted by molar-refractivity contribution is 0.0934. The van der Waals surface area contributed by atoms with Crippen molar-refractivity contribution in [1.29, 1.82) is 0 Å². The molecular formula is C20H22Br2N2O2S. The van der Waals surface area contributed by atoms with Gasteiger partial charge in [0.15, 0.2) is 0 Å². The van der Waals surface area contributed by atoms with E-state index in [0.717, 1.165) is 34.3 Å². The molecule has 0 saturated heterocycles. The highest BCUT2D eigenvalue weighted by Crippen LogP contribution is 2.47. The fraction of sp³-hybridized carbons (Fsp3) is 0.450. The maximum atomic E-state index is 12.9. The fourth-order valence-electron chi connectivity index (χ4n) is 4.00. The molecule has 27 heavy (non-hydrogen) atoms. The highest BCUT2D eigenvalue weighted by Gasteiger charge is 2.37. The van der Waals surface area contributed by atoms with Crippen molar-refractivity contribution in [3.63, 3.8) is 0 Å². The van der Waals surface area contributed by atoms with Crippen molar-refractivity contribution in [2.24, 2.45) is 11.3 Å². The van der Waals surface area contributed by atoms with Gasteiger partial charge in [-0.05, 0) is 64.2 Å². The Morgan fingerprint density at radius 2 is 1.96 bits per heavy atom. The van der Waals surface area contributed by atoms with Gasteiger partial charge >= 0.3 is 0 Å². The number of anilines is 1. The predicted octanol–water partition coefficient (Wildman–Crippen LogP) is 5.98. The molecule has 0 spiro atoms. The van der Waals surface area contributed by atoms with E-state index in [9.17, 15) is 9.90 Å². The number of phenols is 1. The molecule has 3 N–H and O–H groups in total. The normalized spacial score (nSPS) is 21.9. The molecule has 2 heterocycles. The van der Waals surface area contributed by atoms with Crippen molar-refractivity contribution >= 4 is 54.1 Å². The second-order valence-corrected chi connectivity index (χ2v) is 11.3. The topological polar surface area (TPSA) is 61.4 Å². The Morgan fingerprint density at radius 1 is 1.22 bits per heavy atom. The first kappa shape index (κ1) is 19.3. The second kappa shape index (κ2) is 6.78. The van der Waals surface area contributed by atoms with Crippen LogP contribution < -0.4 is 10.6 Å². The molecule has 2 atom stereocenters. The summed E-state index contributed by atoms with van der Waals surface area (Å²) in [6.45, 7) is 6.89. The van der Waals surface area contributed by atoms with Gasteiger partial charge in [-0.2, -0.15) is 0 Å². The third-order valence-electron chi connectivity index (χ3n) is 5.64. The van der Waals surface area contributed by atoms with Gasteiger partial charge in [0, 0.05) is 14.9 Å². The molecule has 1 aliphatic heterocycles. The molecule has 2 aromatic rings. The van der Waals surface area contributed by atoms with Crippen molar-refractivity contribution in [3.8, 4) is 5.75 Å². The zero-order chi connectivity index (χ0) is 19.5. The maximum absolute atomic E-state index is 12.9. The Hall–Kier alpha value is -1.05. The molecule has 4 rings (SSSR count). The summed E-state index contributed by atoms with van der Waals surface area (Å²) in [5, 5.41) is 17.8. The molecule has 4 nitrogen and oxygen atoms in total. The third kappa shape index (κ3) is 3.42. The molecule has 1 amide bonds. The van der Waals surface area contributed by atoms with E-state index < -0.39 is 6.17 Å². The molecule has 1 aromatic carbocycles. The number of hydrogen-bond acceptors (Lipinski definition) is 4. The first-order valence-electron chi connectivity index (χ1n) is 9.05. The van der Waals surface area contributed by atoms with Gasteiger partial charge in [-0.25, -0.2) is 0 Å². The van der Waals surface area contributed by atoms with Gasteiger partial charge in [0.25, 0.3) is 5.91 Å². The smallest absolute Gasteiger partial charge is 0.256 e. The summed E-state index contributed by atoms with van der Waals surface area (Å²) < 4.78 is 1.43. The molecule has 0 fully saturated rings. The van der Waals surface area contributed by atoms with Crippen LogP contribution in [0.4, 0.5) is 5.00 Å². The lowest BCUT2D eigenvalue weighted by atomic mass is 9.72. The highest BCUT2D eigenvalue weighted by molar-refractivity contribution is 9.11. The SMILES string of the molecule is CC(C)(C)C1CCc2c(sc3c2C(=O)NC(c2cc(Br)cc(Br)c2O)N3)C1. The van der Waals surface area contributed by atoms with E-state index >= 15 is 0 Å². The van der Waals surface area contributed by atoms with Crippen LogP contribution in [0.25, 0.3) is 0 Å². The minimum Gasteiger partial charge on any atom is -0.506 e. The van der Waals surface area contributed by atoms with Gasteiger partial charge in [0.05, 0.1) is 10.0 Å². The van der Waals surface area contributed by atoms with Gasteiger partial charge in [-0.1, -0.05) is 36.7 Å². The van der Waals surface area contributed by atoms with Crippen molar-refractivity contribution < 1.29 is 9.90 Å². The molecule has 1 aromatic heterocycles. The summed E-state index contributed by atoms with van der Waals surface area (Å²) in [4.78, 5) is 14.2. The van der Waals surface area contributed by atoms with E-state index in [1.807, 2.05) is 6.07 Å². The zero-order valence-electron chi connectivity index (χ0n) is 15.5. The van der Waals surface area contributed by atoms with E-state index in [-0.39, 0.29) is 17.1 Å². The first-order valence-corrected chi connectivity index (χ1v) is 11.4. The van der Waals surface area contributed by atoms with Gasteiger partial charge in [0.2, 0.25) is 0 Å². The predicted molar refractivity (Wildman–Crippen MR) is 117 cm³/mol. The van der Waals surface area contributed by atoms with E-state index in [1.54, 1.807) is 17.4 Å². The number of hydrogen-bond donors (Lipinski definition) is 3. The van der Waals surface area contributed by atoms with Crippen LogP contribution in [0.5, 0.6) is 5.75 Å². The van der Waals surface area contributed by atoms with Crippen LogP contribution in [-0.2, 0) is 12.8 Å². The summed E-state index contributed by atoms with van der Waals surface area (Å²) >= 11 is 8.51. The van der Waals surface area contributed by atoms with Crippen LogP contribution in [0, 0.1) is 11.3 Å². The number of phenolic OH excluding ortho intramolecular Hbond substituents is 1. The lowest BCUT2D eigenvalue weighted by Gasteiger charge is -2.34. The van der Waals surface area contributed by atoms with Crippen LogP contribution in [0.15, 0.2) is 21.1 Å². The van der Waals surface area contributed by atoms with Crippen molar-refractivity contribution in [2.75, 3.05) is 5.32 Å². The highest BCUT2D eigenvalue weighted by atomic mass is 79.9. The third-order valence-corrected chi connectivity index (χ3v) is 7.88. The second-order valence-electron chi connectivity index (χ2n) is 8.39.